The lowest BCUT2D eigenvalue weighted by Crippen LogP contribution is -2.35. The Hall–Kier alpha value is -1.72. The molecule has 0 saturated carbocycles. The number of hydrogen-bond acceptors (Lipinski definition) is 4. The summed E-state index contributed by atoms with van der Waals surface area (Å²) in [5.74, 6) is 0. The number of aliphatic hydroxyl groups is 1. The summed E-state index contributed by atoms with van der Waals surface area (Å²) in [6, 6.07) is 10.1. The Labute approximate surface area is 125 Å². The highest BCUT2D eigenvalue weighted by Crippen LogP contribution is 2.20. The van der Waals surface area contributed by atoms with Crippen LogP contribution in [0.1, 0.15) is 31.7 Å². The molecule has 0 aliphatic carbocycles. The highest BCUT2D eigenvalue weighted by atomic mass is 16.3. The van der Waals surface area contributed by atoms with Crippen LogP contribution in [0.25, 0.3) is 5.69 Å². The quantitative estimate of drug-likeness (QED) is 0.931. The van der Waals surface area contributed by atoms with Gasteiger partial charge in [0.1, 0.15) is 5.69 Å². The Balaban J connectivity index is 1.73. The molecular weight excluding hydrogens is 264 g/mol. The van der Waals surface area contributed by atoms with Gasteiger partial charge < -0.3 is 5.11 Å². The van der Waals surface area contributed by atoms with Gasteiger partial charge in [-0.3, -0.25) is 4.90 Å². The van der Waals surface area contributed by atoms with E-state index in [2.05, 4.69) is 27.3 Å². The van der Waals surface area contributed by atoms with Crippen LogP contribution >= 0.6 is 0 Å². The van der Waals surface area contributed by atoms with Gasteiger partial charge in [-0.2, -0.15) is 0 Å². The largest absolute Gasteiger partial charge is 0.390 e. The lowest BCUT2D eigenvalue weighted by molar-refractivity contribution is 0.0555. The fourth-order valence-electron chi connectivity index (χ4n) is 2.66. The van der Waals surface area contributed by atoms with E-state index in [1.54, 1.807) is 0 Å². The Bertz CT molecular complexity index is 600. The van der Waals surface area contributed by atoms with Crippen LogP contribution in [-0.2, 0) is 13.0 Å². The van der Waals surface area contributed by atoms with E-state index in [0.717, 1.165) is 43.9 Å². The molecule has 112 valence electrons. The Kier molecular flexibility index (Phi) is 3.78. The fraction of sp³-hybridized carbons (Fsp3) is 0.500. The normalized spacial score (nSPS) is 16.0. The lowest BCUT2D eigenvalue weighted by Gasteiger charge is -2.28. The zero-order valence-corrected chi connectivity index (χ0v) is 12.7. The van der Waals surface area contributed by atoms with Gasteiger partial charge in [0.25, 0.3) is 0 Å². The highest BCUT2D eigenvalue weighted by molar-refractivity contribution is 5.33. The molecule has 0 unspecified atom stereocenters. The van der Waals surface area contributed by atoms with E-state index in [-0.39, 0.29) is 0 Å². The van der Waals surface area contributed by atoms with Gasteiger partial charge in [0, 0.05) is 26.1 Å². The van der Waals surface area contributed by atoms with Crippen molar-refractivity contribution >= 4 is 0 Å². The van der Waals surface area contributed by atoms with Gasteiger partial charge in [-0.05, 0) is 32.4 Å². The van der Waals surface area contributed by atoms with Gasteiger partial charge in [0.15, 0.2) is 0 Å². The molecule has 1 N–H and O–H groups in total. The van der Waals surface area contributed by atoms with E-state index in [0.29, 0.717) is 0 Å². The maximum Gasteiger partial charge on any atom is 0.100 e. The molecule has 1 aliphatic heterocycles. The van der Waals surface area contributed by atoms with Crippen LogP contribution in [-0.4, -0.2) is 43.7 Å². The maximum absolute atomic E-state index is 9.84. The third-order valence-corrected chi connectivity index (χ3v) is 3.92. The molecule has 21 heavy (non-hydrogen) atoms. The summed E-state index contributed by atoms with van der Waals surface area (Å²) in [5.41, 5.74) is 2.72. The fourth-order valence-corrected chi connectivity index (χ4v) is 2.66. The first-order valence-corrected chi connectivity index (χ1v) is 7.46. The molecule has 0 atom stereocenters. The van der Waals surface area contributed by atoms with Crippen molar-refractivity contribution in [1.29, 1.82) is 0 Å². The molecule has 2 aromatic rings. The number of rotatable bonds is 4. The standard InChI is InChI=1S/C16H22N4O/c1-16(2,21)9-11-19-10-8-15-14(12-19)17-18-20(15)13-6-4-3-5-7-13/h3-7,21H,8-12H2,1-2H3. The summed E-state index contributed by atoms with van der Waals surface area (Å²) >= 11 is 0. The predicted octanol–water partition coefficient (Wildman–Crippen LogP) is 1.79. The van der Waals surface area contributed by atoms with Crippen LogP contribution in [0.15, 0.2) is 30.3 Å². The maximum atomic E-state index is 9.84. The predicted molar refractivity (Wildman–Crippen MR) is 81.3 cm³/mol. The molecule has 0 fully saturated rings. The van der Waals surface area contributed by atoms with Gasteiger partial charge in [0.2, 0.25) is 0 Å². The number of aromatic nitrogens is 3. The summed E-state index contributed by atoms with van der Waals surface area (Å²) in [5, 5.41) is 18.5. The van der Waals surface area contributed by atoms with Crippen LogP contribution < -0.4 is 0 Å². The van der Waals surface area contributed by atoms with Crippen LogP contribution in [0.4, 0.5) is 0 Å². The molecule has 0 bridgehead atoms. The van der Waals surface area contributed by atoms with E-state index < -0.39 is 5.60 Å². The average molecular weight is 286 g/mol. The second-order valence-electron chi connectivity index (χ2n) is 6.32. The summed E-state index contributed by atoms with van der Waals surface area (Å²) in [7, 11) is 0. The summed E-state index contributed by atoms with van der Waals surface area (Å²) in [4.78, 5) is 2.34. The first kappa shape index (κ1) is 14.2. The van der Waals surface area contributed by atoms with Crippen molar-refractivity contribution in [3.63, 3.8) is 0 Å². The second kappa shape index (κ2) is 5.58. The third kappa shape index (κ3) is 3.31. The van der Waals surface area contributed by atoms with E-state index in [4.69, 9.17) is 0 Å². The van der Waals surface area contributed by atoms with Crippen molar-refractivity contribution in [2.24, 2.45) is 0 Å². The van der Waals surface area contributed by atoms with E-state index in [9.17, 15) is 5.11 Å². The molecule has 5 heteroatoms. The zero-order valence-electron chi connectivity index (χ0n) is 12.7. The lowest BCUT2D eigenvalue weighted by atomic mass is 10.0. The SMILES string of the molecule is CC(C)(O)CCN1CCc2c(nnn2-c2ccccc2)C1. The van der Waals surface area contributed by atoms with Crippen molar-refractivity contribution in [3.05, 3.63) is 41.7 Å². The summed E-state index contributed by atoms with van der Waals surface area (Å²) in [6.45, 7) is 6.41. The van der Waals surface area contributed by atoms with Gasteiger partial charge in [0.05, 0.1) is 17.0 Å². The van der Waals surface area contributed by atoms with Crippen LogP contribution in [0, 0.1) is 0 Å². The minimum Gasteiger partial charge on any atom is -0.390 e. The van der Waals surface area contributed by atoms with Crippen LogP contribution in [0.2, 0.25) is 0 Å². The monoisotopic (exact) mass is 286 g/mol. The van der Waals surface area contributed by atoms with Gasteiger partial charge in [-0.15, -0.1) is 5.10 Å². The molecule has 0 radical (unpaired) electrons. The summed E-state index contributed by atoms with van der Waals surface area (Å²) in [6.07, 6.45) is 1.72. The molecule has 1 aliphatic rings. The van der Waals surface area contributed by atoms with Crippen molar-refractivity contribution in [2.75, 3.05) is 13.1 Å². The molecule has 0 spiro atoms. The first-order valence-electron chi connectivity index (χ1n) is 7.46. The average Bonchev–Trinajstić information content (AvgIpc) is 2.88. The number of fused-ring (bicyclic) bond motifs is 1. The topological polar surface area (TPSA) is 54.2 Å². The number of hydrogen-bond donors (Lipinski definition) is 1. The van der Waals surface area contributed by atoms with Crippen LogP contribution in [0.3, 0.4) is 0 Å². The third-order valence-electron chi connectivity index (χ3n) is 3.92. The molecule has 3 rings (SSSR count). The van der Waals surface area contributed by atoms with Crippen molar-refractivity contribution in [3.8, 4) is 5.69 Å². The van der Waals surface area contributed by atoms with Gasteiger partial charge in [-0.25, -0.2) is 4.68 Å². The molecule has 1 aromatic carbocycles. The Morgan fingerprint density at radius 3 is 2.71 bits per heavy atom. The van der Waals surface area contributed by atoms with Gasteiger partial charge in [-0.1, -0.05) is 23.4 Å². The molecule has 0 saturated heterocycles. The second-order valence-corrected chi connectivity index (χ2v) is 6.32. The highest BCUT2D eigenvalue weighted by Gasteiger charge is 2.24. The van der Waals surface area contributed by atoms with Crippen molar-refractivity contribution < 1.29 is 5.11 Å². The number of para-hydroxylation sites is 1. The summed E-state index contributed by atoms with van der Waals surface area (Å²) < 4.78 is 1.95. The zero-order chi connectivity index (χ0) is 14.9. The Morgan fingerprint density at radius 1 is 1.24 bits per heavy atom. The van der Waals surface area contributed by atoms with Gasteiger partial charge >= 0.3 is 0 Å². The van der Waals surface area contributed by atoms with Crippen molar-refractivity contribution in [1.82, 2.24) is 19.9 Å². The van der Waals surface area contributed by atoms with E-state index in [1.807, 2.05) is 36.7 Å². The Morgan fingerprint density at radius 2 is 2.00 bits per heavy atom. The number of nitrogens with zero attached hydrogens (tertiary/aromatic N) is 4. The van der Waals surface area contributed by atoms with Crippen LogP contribution in [0.5, 0.6) is 0 Å². The molecule has 5 nitrogen and oxygen atoms in total. The number of benzene rings is 1. The smallest absolute Gasteiger partial charge is 0.100 e. The van der Waals surface area contributed by atoms with Crippen molar-refractivity contribution in [2.45, 2.75) is 38.8 Å². The minimum absolute atomic E-state index is 0.609. The van der Waals surface area contributed by atoms with E-state index in [1.165, 1.54) is 5.69 Å². The molecular formula is C16H22N4O. The minimum atomic E-state index is -0.609. The molecule has 2 heterocycles. The molecule has 0 amide bonds. The molecule has 1 aromatic heterocycles. The van der Waals surface area contributed by atoms with E-state index >= 15 is 0 Å². The first-order chi connectivity index (χ1) is 10.0.